The maximum Gasteiger partial charge on any atom is 0.308 e. The fourth-order valence-electron chi connectivity index (χ4n) is 6.98. The summed E-state index contributed by atoms with van der Waals surface area (Å²) in [4.78, 5) is 48.5. The van der Waals surface area contributed by atoms with Gasteiger partial charge in [-0.15, -0.1) is 0 Å². The van der Waals surface area contributed by atoms with Crippen LogP contribution in [0.4, 0.5) is 0 Å². The van der Waals surface area contributed by atoms with Gasteiger partial charge in [0.1, 0.15) is 0 Å². The zero-order chi connectivity index (χ0) is 27.8. The van der Waals surface area contributed by atoms with Crippen molar-refractivity contribution >= 4 is 17.8 Å². The summed E-state index contributed by atoms with van der Waals surface area (Å²) in [6.45, 7) is 6.25. The average molecular weight is 546 g/mol. The number of benzene rings is 1. The van der Waals surface area contributed by atoms with Crippen molar-refractivity contribution in [1.82, 2.24) is 5.32 Å². The summed E-state index contributed by atoms with van der Waals surface area (Å²) >= 11 is 0. The van der Waals surface area contributed by atoms with Gasteiger partial charge in [-0.05, 0) is 43.6 Å². The van der Waals surface area contributed by atoms with E-state index in [4.69, 9.17) is 24.0 Å². The highest BCUT2D eigenvalue weighted by Crippen LogP contribution is 2.60. The molecule has 214 valence electrons. The molecule has 1 amide bonds. The Hall–Kier alpha value is -2.53. The van der Waals surface area contributed by atoms with E-state index in [1.165, 1.54) is 0 Å². The van der Waals surface area contributed by atoms with E-state index in [1.54, 1.807) is 0 Å². The number of nitrogens with one attached hydrogen (secondary N) is 1. The van der Waals surface area contributed by atoms with Gasteiger partial charge in [-0.2, -0.15) is 0 Å². The van der Waals surface area contributed by atoms with Crippen LogP contribution in [0.2, 0.25) is 0 Å². The Bertz CT molecular complexity index is 1070. The molecule has 1 unspecified atom stereocenters. The second-order valence-corrected chi connectivity index (χ2v) is 11.8. The van der Waals surface area contributed by atoms with E-state index in [-0.39, 0.29) is 55.4 Å². The van der Waals surface area contributed by atoms with Gasteiger partial charge in [-0.25, -0.2) is 9.78 Å². The van der Waals surface area contributed by atoms with E-state index in [1.807, 2.05) is 44.2 Å². The molecule has 1 saturated carbocycles. The quantitative estimate of drug-likeness (QED) is 0.351. The standard InChI is InChI=1S/C29H39NO9/c1-17-9-10-22-18(2)26(36-27-29(22)21(17)13-14-28(3,37-27)38-39-29)35-25(34)12-11-23(31)30-16-20(15-24(32)33)19-7-5-4-6-8-19/h4-8,17-18,20-22,26-27H,9-16H2,1-3H3,(H,30,31)(H,32,33)/t17-,18-,20?,21+,22+,26-,27-,28-,29-/m1/s1. The smallest absolute Gasteiger partial charge is 0.308 e. The third kappa shape index (κ3) is 5.57. The Labute approximate surface area is 228 Å². The molecule has 4 saturated heterocycles. The molecule has 6 rings (SSSR count). The number of carbonyl (C=O) groups is 3. The molecule has 0 radical (unpaired) electrons. The van der Waals surface area contributed by atoms with Crippen molar-refractivity contribution in [1.29, 1.82) is 0 Å². The highest BCUT2D eigenvalue weighted by Gasteiger charge is 2.69. The molecule has 4 aliphatic heterocycles. The van der Waals surface area contributed by atoms with E-state index in [9.17, 15) is 19.5 Å². The Morgan fingerprint density at radius 2 is 1.85 bits per heavy atom. The van der Waals surface area contributed by atoms with Crippen LogP contribution < -0.4 is 5.32 Å². The predicted octanol–water partition coefficient (Wildman–Crippen LogP) is 3.89. The molecule has 2 N–H and O–H groups in total. The highest BCUT2D eigenvalue weighted by atomic mass is 17.3. The largest absolute Gasteiger partial charge is 0.481 e. The van der Waals surface area contributed by atoms with Crippen LogP contribution in [0.5, 0.6) is 0 Å². The first-order chi connectivity index (χ1) is 18.6. The number of fused-ring (bicyclic) bond motifs is 2. The summed E-state index contributed by atoms with van der Waals surface area (Å²) in [7, 11) is 0. The minimum absolute atomic E-state index is 0.0327. The SMILES string of the molecule is C[C@H]1[C@H](OC(=O)CCC(=O)NCC(CC(=O)O)c2ccccc2)O[C@@H]2O[C@@]3(C)CC[C@H]4[C@H](C)CC[C@@H]1[C@@]24OO3. The van der Waals surface area contributed by atoms with Crippen LogP contribution in [-0.2, 0) is 38.4 Å². The van der Waals surface area contributed by atoms with Gasteiger partial charge in [0, 0.05) is 37.1 Å². The van der Waals surface area contributed by atoms with E-state index in [0.717, 1.165) is 24.8 Å². The number of hydrogen-bond acceptors (Lipinski definition) is 8. The normalized spacial score (nSPS) is 37.7. The second kappa shape index (κ2) is 11.2. The molecule has 5 fully saturated rings. The molecular formula is C29H39NO9. The van der Waals surface area contributed by atoms with Crippen LogP contribution >= 0.6 is 0 Å². The third-order valence-electron chi connectivity index (χ3n) is 9.14. The van der Waals surface area contributed by atoms with Gasteiger partial charge in [0.15, 0.2) is 11.9 Å². The van der Waals surface area contributed by atoms with Crippen LogP contribution in [0.15, 0.2) is 30.3 Å². The lowest BCUT2D eigenvalue weighted by Gasteiger charge is -2.59. The molecule has 0 aromatic heterocycles. The number of carboxylic acid groups (broad SMARTS) is 1. The molecule has 4 heterocycles. The van der Waals surface area contributed by atoms with E-state index >= 15 is 0 Å². The van der Waals surface area contributed by atoms with Gasteiger partial charge in [-0.3, -0.25) is 14.4 Å². The van der Waals surface area contributed by atoms with E-state index in [0.29, 0.717) is 12.3 Å². The summed E-state index contributed by atoms with van der Waals surface area (Å²) in [5.74, 6) is -2.57. The zero-order valence-electron chi connectivity index (χ0n) is 22.8. The minimum Gasteiger partial charge on any atom is -0.481 e. The number of carbonyl (C=O) groups excluding carboxylic acids is 2. The summed E-state index contributed by atoms with van der Waals surface area (Å²) in [5.41, 5.74) is 0.0963. The summed E-state index contributed by atoms with van der Waals surface area (Å²) < 4.78 is 18.3. The number of amides is 1. The van der Waals surface area contributed by atoms with Crippen LogP contribution in [0.25, 0.3) is 0 Å². The molecule has 1 aliphatic carbocycles. The highest BCUT2D eigenvalue weighted by molar-refractivity contribution is 5.81. The minimum atomic E-state index is -0.944. The Balaban J connectivity index is 1.16. The van der Waals surface area contributed by atoms with Crippen molar-refractivity contribution in [2.24, 2.45) is 23.7 Å². The van der Waals surface area contributed by atoms with Gasteiger partial charge in [0.05, 0.1) is 12.8 Å². The number of carboxylic acids is 1. The molecule has 10 heteroatoms. The van der Waals surface area contributed by atoms with Crippen molar-refractivity contribution in [3.63, 3.8) is 0 Å². The molecule has 9 atom stereocenters. The van der Waals surface area contributed by atoms with Gasteiger partial charge < -0.3 is 24.6 Å². The number of aliphatic carboxylic acids is 1. The van der Waals surface area contributed by atoms with Gasteiger partial charge in [-0.1, -0.05) is 44.2 Å². The Morgan fingerprint density at radius 3 is 2.59 bits per heavy atom. The first-order valence-corrected chi connectivity index (χ1v) is 14.0. The summed E-state index contributed by atoms with van der Waals surface area (Å²) in [5, 5.41) is 12.0. The summed E-state index contributed by atoms with van der Waals surface area (Å²) in [6, 6.07) is 9.18. The first kappa shape index (κ1) is 28.0. The van der Waals surface area contributed by atoms with Crippen molar-refractivity contribution in [3.8, 4) is 0 Å². The lowest BCUT2D eigenvalue weighted by Crippen LogP contribution is -2.70. The van der Waals surface area contributed by atoms with Gasteiger partial charge >= 0.3 is 11.9 Å². The van der Waals surface area contributed by atoms with Crippen molar-refractivity contribution in [2.75, 3.05) is 6.54 Å². The maximum absolute atomic E-state index is 12.8. The molecule has 5 aliphatic rings. The fraction of sp³-hybridized carbons (Fsp3) is 0.690. The molecule has 1 aromatic rings. The van der Waals surface area contributed by atoms with E-state index in [2.05, 4.69) is 12.2 Å². The molecule has 10 nitrogen and oxygen atoms in total. The zero-order valence-corrected chi connectivity index (χ0v) is 22.8. The van der Waals surface area contributed by atoms with Crippen LogP contribution in [0, 0.1) is 23.7 Å². The number of ether oxygens (including phenoxy) is 3. The lowest BCUT2D eigenvalue weighted by atomic mass is 9.58. The molecule has 2 bridgehead atoms. The lowest BCUT2D eigenvalue weighted by molar-refractivity contribution is -0.576. The van der Waals surface area contributed by atoms with Crippen LogP contribution in [0.1, 0.15) is 77.2 Å². The Kier molecular flexibility index (Phi) is 8.01. The molecule has 1 spiro atoms. The molecular weight excluding hydrogens is 506 g/mol. The first-order valence-electron chi connectivity index (χ1n) is 14.0. The third-order valence-corrected chi connectivity index (χ3v) is 9.14. The number of rotatable bonds is 9. The van der Waals surface area contributed by atoms with Crippen molar-refractivity contribution < 1.29 is 43.5 Å². The fourth-order valence-corrected chi connectivity index (χ4v) is 6.98. The van der Waals surface area contributed by atoms with Crippen LogP contribution in [-0.4, -0.2) is 53.5 Å². The number of hydrogen-bond donors (Lipinski definition) is 2. The average Bonchev–Trinajstić information content (AvgIpc) is 3.14. The molecule has 1 aromatic carbocycles. The topological polar surface area (TPSA) is 130 Å². The maximum atomic E-state index is 12.8. The summed E-state index contributed by atoms with van der Waals surface area (Å²) in [6.07, 6.45) is 1.71. The monoisotopic (exact) mass is 545 g/mol. The predicted molar refractivity (Wildman–Crippen MR) is 137 cm³/mol. The Morgan fingerprint density at radius 1 is 1.08 bits per heavy atom. The van der Waals surface area contributed by atoms with Gasteiger partial charge in [0.25, 0.3) is 0 Å². The van der Waals surface area contributed by atoms with E-state index < -0.39 is 35.9 Å². The van der Waals surface area contributed by atoms with Crippen LogP contribution in [0.3, 0.4) is 0 Å². The number of esters is 1. The van der Waals surface area contributed by atoms with Gasteiger partial charge in [0.2, 0.25) is 18.0 Å². The molecule has 39 heavy (non-hydrogen) atoms. The van der Waals surface area contributed by atoms with Crippen molar-refractivity contribution in [3.05, 3.63) is 35.9 Å². The second-order valence-electron chi connectivity index (χ2n) is 11.8. The van der Waals surface area contributed by atoms with Crippen molar-refractivity contribution in [2.45, 2.75) is 95.6 Å².